The van der Waals surface area contributed by atoms with E-state index in [1.54, 1.807) is 30.3 Å². The van der Waals surface area contributed by atoms with Gasteiger partial charge >= 0.3 is 5.97 Å². The van der Waals surface area contributed by atoms with Gasteiger partial charge in [-0.15, -0.1) is 0 Å². The Morgan fingerprint density at radius 1 is 1.17 bits per heavy atom. The summed E-state index contributed by atoms with van der Waals surface area (Å²) in [6.45, 7) is 1.45. The first-order valence-electron chi connectivity index (χ1n) is 7.37. The molecule has 5 nitrogen and oxygen atoms in total. The van der Waals surface area contributed by atoms with Crippen LogP contribution in [0.1, 0.15) is 12.5 Å². The number of para-hydroxylation sites is 1. The number of hydrogen-bond donors (Lipinski definition) is 1. The molecule has 0 aliphatic rings. The van der Waals surface area contributed by atoms with Gasteiger partial charge in [0.25, 0.3) is 5.91 Å². The number of methoxy groups -OCH3 is 1. The van der Waals surface area contributed by atoms with E-state index < -0.39 is 23.8 Å². The Balaban J connectivity index is 1.92. The van der Waals surface area contributed by atoms with Crippen LogP contribution >= 0.6 is 0 Å². The van der Waals surface area contributed by atoms with Gasteiger partial charge in [0.05, 0.1) is 13.5 Å². The number of anilines is 1. The lowest BCUT2D eigenvalue weighted by molar-refractivity contribution is -0.152. The summed E-state index contributed by atoms with van der Waals surface area (Å²) < 4.78 is 23.4. The molecule has 0 bridgehead atoms. The Labute approximate surface area is 139 Å². The van der Waals surface area contributed by atoms with E-state index in [0.717, 1.165) is 0 Å². The zero-order valence-electron chi connectivity index (χ0n) is 13.4. The van der Waals surface area contributed by atoms with Gasteiger partial charge in [-0.05, 0) is 31.2 Å². The predicted molar refractivity (Wildman–Crippen MR) is 87.3 cm³/mol. The first kappa shape index (κ1) is 17.5. The van der Waals surface area contributed by atoms with Crippen LogP contribution in [0, 0.1) is 5.82 Å². The molecule has 0 saturated carbocycles. The van der Waals surface area contributed by atoms with Gasteiger partial charge in [0.1, 0.15) is 11.6 Å². The Morgan fingerprint density at radius 2 is 1.92 bits per heavy atom. The van der Waals surface area contributed by atoms with Crippen molar-refractivity contribution in [2.24, 2.45) is 0 Å². The van der Waals surface area contributed by atoms with Crippen LogP contribution in [0.4, 0.5) is 10.1 Å². The van der Waals surface area contributed by atoms with Crippen LogP contribution < -0.4 is 10.1 Å². The van der Waals surface area contributed by atoms with Crippen LogP contribution in [0.15, 0.2) is 48.5 Å². The number of nitrogens with one attached hydrogen (secondary N) is 1. The Morgan fingerprint density at radius 3 is 2.62 bits per heavy atom. The second-order valence-electron chi connectivity index (χ2n) is 5.12. The summed E-state index contributed by atoms with van der Waals surface area (Å²) >= 11 is 0. The molecule has 1 N–H and O–H groups in total. The zero-order valence-corrected chi connectivity index (χ0v) is 13.4. The lowest BCUT2D eigenvalue weighted by atomic mass is 10.1. The fourth-order valence-electron chi connectivity index (χ4n) is 2.11. The van der Waals surface area contributed by atoms with Crippen LogP contribution in [0.25, 0.3) is 0 Å². The van der Waals surface area contributed by atoms with E-state index in [-0.39, 0.29) is 6.42 Å². The molecule has 0 spiro atoms. The minimum atomic E-state index is -1.00. The molecule has 1 atom stereocenters. The molecule has 0 aliphatic carbocycles. The third-order valence-corrected chi connectivity index (χ3v) is 3.30. The molecular weight excluding hydrogens is 313 g/mol. The van der Waals surface area contributed by atoms with Gasteiger partial charge in [-0.3, -0.25) is 9.59 Å². The SMILES string of the molecule is COc1ccccc1CC(=O)O[C@@H](C)C(=O)Nc1cccc(F)c1. The minimum absolute atomic E-state index is 0.0123. The number of esters is 1. The molecule has 0 fully saturated rings. The summed E-state index contributed by atoms with van der Waals surface area (Å²) in [5, 5.41) is 2.49. The first-order valence-corrected chi connectivity index (χ1v) is 7.37. The average Bonchev–Trinajstić information content (AvgIpc) is 2.55. The largest absolute Gasteiger partial charge is 0.496 e. The van der Waals surface area contributed by atoms with E-state index in [0.29, 0.717) is 17.0 Å². The van der Waals surface area contributed by atoms with E-state index >= 15 is 0 Å². The molecule has 0 saturated heterocycles. The molecule has 6 heteroatoms. The molecule has 0 aliphatic heterocycles. The molecule has 2 aromatic carbocycles. The standard InChI is InChI=1S/C18H18FNO4/c1-12(18(22)20-15-8-5-7-14(19)11-15)24-17(21)10-13-6-3-4-9-16(13)23-2/h3-9,11-12H,10H2,1-2H3,(H,20,22)/t12-/m0/s1. The summed E-state index contributed by atoms with van der Waals surface area (Å²) in [5.41, 5.74) is 0.968. The van der Waals surface area contributed by atoms with Crippen LogP contribution in [0.2, 0.25) is 0 Å². The highest BCUT2D eigenvalue weighted by Crippen LogP contribution is 2.18. The monoisotopic (exact) mass is 331 g/mol. The Kier molecular flexibility index (Phi) is 5.89. The highest BCUT2D eigenvalue weighted by molar-refractivity contribution is 5.95. The van der Waals surface area contributed by atoms with Gasteiger partial charge in [-0.1, -0.05) is 24.3 Å². The number of rotatable bonds is 6. The maximum Gasteiger partial charge on any atom is 0.311 e. The highest BCUT2D eigenvalue weighted by atomic mass is 19.1. The summed E-state index contributed by atoms with van der Waals surface area (Å²) in [5.74, 6) is -0.977. The lowest BCUT2D eigenvalue weighted by Gasteiger charge is -2.14. The van der Waals surface area contributed by atoms with Crippen molar-refractivity contribution in [3.05, 3.63) is 59.9 Å². The third-order valence-electron chi connectivity index (χ3n) is 3.30. The lowest BCUT2D eigenvalue weighted by Crippen LogP contribution is -2.30. The predicted octanol–water partition coefficient (Wildman–Crippen LogP) is 2.95. The molecule has 0 heterocycles. The summed E-state index contributed by atoms with van der Waals surface area (Å²) in [6, 6.07) is 12.5. The number of benzene rings is 2. The normalized spacial score (nSPS) is 11.5. The number of halogens is 1. The number of carbonyl (C=O) groups excluding carboxylic acids is 2. The highest BCUT2D eigenvalue weighted by Gasteiger charge is 2.19. The van der Waals surface area contributed by atoms with Crippen LogP contribution in [-0.4, -0.2) is 25.1 Å². The second-order valence-corrected chi connectivity index (χ2v) is 5.12. The average molecular weight is 331 g/mol. The molecule has 0 unspecified atom stereocenters. The van der Waals surface area contributed by atoms with Gasteiger partial charge < -0.3 is 14.8 Å². The fourth-order valence-corrected chi connectivity index (χ4v) is 2.11. The van der Waals surface area contributed by atoms with Crippen molar-refractivity contribution in [1.82, 2.24) is 0 Å². The molecule has 2 aromatic rings. The minimum Gasteiger partial charge on any atom is -0.496 e. The number of hydrogen-bond acceptors (Lipinski definition) is 4. The van der Waals surface area contributed by atoms with Gasteiger partial charge in [-0.2, -0.15) is 0 Å². The molecular formula is C18H18FNO4. The zero-order chi connectivity index (χ0) is 17.5. The summed E-state index contributed by atoms with van der Waals surface area (Å²) in [7, 11) is 1.51. The molecule has 2 rings (SSSR count). The number of ether oxygens (including phenoxy) is 2. The fraction of sp³-hybridized carbons (Fsp3) is 0.222. The third kappa shape index (κ3) is 4.81. The topological polar surface area (TPSA) is 64.6 Å². The molecule has 1 amide bonds. The first-order chi connectivity index (χ1) is 11.5. The molecule has 126 valence electrons. The van der Waals surface area contributed by atoms with Gasteiger partial charge in [0.2, 0.25) is 0 Å². The van der Waals surface area contributed by atoms with Crippen molar-refractivity contribution >= 4 is 17.6 Å². The second kappa shape index (κ2) is 8.10. The van der Waals surface area contributed by atoms with E-state index in [1.165, 1.54) is 32.2 Å². The van der Waals surface area contributed by atoms with Gasteiger partial charge in [-0.25, -0.2) is 4.39 Å². The van der Waals surface area contributed by atoms with Crippen LogP contribution in [0.5, 0.6) is 5.75 Å². The van der Waals surface area contributed by atoms with Crippen molar-refractivity contribution in [3.8, 4) is 5.75 Å². The Bertz CT molecular complexity index is 732. The summed E-state index contributed by atoms with van der Waals surface area (Å²) in [4.78, 5) is 24.0. The van der Waals surface area contributed by atoms with Crippen molar-refractivity contribution in [1.29, 1.82) is 0 Å². The van der Waals surface area contributed by atoms with Crippen LogP contribution in [-0.2, 0) is 20.7 Å². The van der Waals surface area contributed by atoms with E-state index in [1.807, 2.05) is 0 Å². The van der Waals surface area contributed by atoms with E-state index in [9.17, 15) is 14.0 Å². The molecule has 24 heavy (non-hydrogen) atoms. The van der Waals surface area contributed by atoms with Crippen LogP contribution in [0.3, 0.4) is 0 Å². The van der Waals surface area contributed by atoms with E-state index in [4.69, 9.17) is 9.47 Å². The van der Waals surface area contributed by atoms with Gasteiger partial charge in [0, 0.05) is 11.3 Å². The Hall–Kier alpha value is -2.89. The van der Waals surface area contributed by atoms with Crippen molar-refractivity contribution in [2.45, 2.75) is 19.4 Å². The molecule has 0 aromatic heterocycles. The maximum absolute atomic E-state index is 13.1. The number of amides is 1. The van der Waals surface area contributed by atoms with Crippen molar-refractivity contribution < 1.29 is 23.5 Å². The van der Waals surface area contributed by atoms with Crippen molar-refractivity contribution in [2.75, 3.05) is 12.4 Å². The summed E-state index contributed by atoms with van der Waals surface area (Å²) in [6.07, 6.45) is -1.02. The maximum atomic E-state index is 13.1. The van der Waals surface area contributed by atoms with Gasteiger partial charge in [0.15, 0.2) is 6.10 Å². The molecule has 0 radical (unpaired) electrons. The quantitative estimate of drug-likeness (QED) is 0.827. The van der Waals surface area contributed by atoms with Crippen molar-refractivity contribution in [3.63, 3.8) is 0 Å². The smallest absolute Gasteiger partial charge is 0.311 e. The number of carbonyl (C=O) groups is 2. The van der Waals surface area contributed by atoms with E-state index in [2.05, 4.69) is 5.32 Å².